The van der Waals surface area contributed by atoms with E-state index in [1.807, 2.05) is 0 Å². The second kappa shape index (κ2) is 4.52. The second-order valence-electron chi connectivity index (χ2n) is 0.826. The van der Waals surface area contributed by atoms with Crippen molar-refractivity contribution in [3.05, 3.63) is 12.0 Å². The van der Waals surface area contributed by atoms with Crippen molar-refractivity contribution in [2.75, 3.05) is 7.11 Å². The van der Waals surface area contributed by atoms with Crippen molar-refractivity contribution >= 4 is 10.1 Å². The summed E-state index contributed by atoms with van der Waals surface area (Å²) in [5, 5.41) is 0.743. The Labute approximate surface area is 72.6 Å². The van der Waals surface area contributed by atoms with Crippen molar-refractivity contribution in [3.63, 3.8) is 0 Å². The Kier molecular flexibility index (Phi) is 6.47. The van der Waals surface area contributed by atoms with Gasteiger partial charge >= 0.3 is 29.6 Å². The van der Waals surface area contributed by atoms with Crippen molar-refractivity contribution in [2.24, 2.45) is 0 Å². The molecule has 0 atom stereocenters. The Bertz CT molecular complexity index is 152. The number of rotatable bonds is 2. The Hall–Kier alpha value is 0.650. The van der Waals surface area contributed by atoms with E-state index < -0.39 is 10.1 Å². The van der Waals surface area contributed by atoms with Crippen LogP contribution >= 0.6 is 0 Å². The summed E-state index contributed by atoms with van der Waals surface area (Å²) < 4.78 is 24.0. The van der Waals surface area contributed by atoms with Crippen LogP contribution in [0.2, 0.25) is 0 Å². The molecular weight excluding hydrogens is 139 g/mol. The maximum Gasteiger partial charge on any atom is 1.00 e. The first kappa shape index (κ1) is 11.4. The standard InChI is InChI=1S/C3H6O3S.Na.H/c1-3-7(4,5)6-2;;/h3H,1H2,2H3;;/q;+1;-1. The zero-order chi connectivity index (χ0) is 5.91. The molecule has 0 N–H and O–H groups in total. The van der Waals surface area contributed by atoms with E-state index in [0.717, 1.165) is 12.5 Å². The van der Waals surface area contributed by atoms with E-state index in [2.05, 4.69) is 10.8 Å². The number of hydrogen-bond acceptors (Lipinski definition) is 3. The quantitative estimate of drug-likeness (QED) is 0.313. The molecule has 8 heavy (non-hydrogen) atoms. The van der Waals surface area contributed by atoms with E-state index in [9.17, 15) is 8.42 Å². The van der Waals surface area contributed by atoms with Crippen LogP contribution in [-0.2, 0) is 14.3 Å². The Balaban J connectivity index is -0.000000180. The van der Waals surface area contributed by atoms with Crippen LogP contribution in [0.3, 0.4) is 0 Å². The molecule has 0 aliphatic heterocycles. The Morgan fingerprint density at radius 2 is 2.12 bits per heavy atom. The van der Waals surface area contributed by atoms with Crippen molar-refractivity contribution < 1.29 is 43.6 Å². The molecule has 0 amide bonds. The van der Waals surface area contributed by atoms with Crippen LogP contribution in [-0.4, -0.2) is 15.5 Å². The van der Waals surface area contributed by atoms with Gasteiger partial charge in [0.2, 0.25) is 0 Å². The Morgan fingerprint density at radius 1 is 1.75 bits per heavy atom. The van der Waals surface area contributed by atoms with Gasteiger partial charge in [0.25, 0.3) is 10.1 Å². The van der Waals surface area contributed by atoms with Crippen LogP contribution in [0, 0.1) is 0 Å². The van der Waals surface area contributed by atoms with Crippen molar-refractivity contribution in [2.45, 2.75) is 0 Å². The van der Waals surface area contributed by atoms with Gasteiger partial charge in [0.15, 0.2) is 0 Å². The molecule has 0 rings (SSSR count). The molecule has 0 spiro atoms. The minimum Gasteiger partial charge on any atom is -1.00 e. The van der Waals surface area contributed by atoms with Crippen molar-refractivity contribution in [3.8, 4) is 0 Å². The predicted molar refractivity (Wildman–Crippen MR) is 27.2 cm³/mol. The largest absolute Gasteiger partial charge is 1.00 e. The molecule has 0 aromatic carbocycles. The third-order valence-electron chi connectivity index (χ3n) is 0.436. The summed E-state index contributed by atoms with van der Waals surface area (Å²) in [6.45, 7) is 2.99. The van der Waals surface area contributed by atoms with E-state index in [-0.39, 0.29) is 31.0 Å². The molecule has 0 aromatic heterocycles. The fourth-order valence-corrected chi connectivity index (χ4v) is 0.204. The molecule has 0 aliphatic carbocycles. The summed E-state index contributed by atoms with van der Waals surface area (Å²) in [5.74, 6) is 0. The summed E-state index contributed by atoms with van der Waals surface area (Å²) in [7, 11) is -2.31. The van der Waals surface area contributed by atoms with Gasteiger partial charge in [0.05, 0.1) is 12.5 Å². The van der Waals surface area contributed by atoms with Crippen LogP contribution in [0.4, 0.5) is 0 Å². The maximum absolute atomic E-state index is 10.0. The van der Waals surface area contributed by atoms with Crippen LogP contribution in [0.5, 0.6) is 0 Å². The van der Waals surface area contributed by atoms with Gasteiger partial charge in [-0.3, -0.25) is 4.18 Å². The fourth-order valence-electron chi connectivity index (χ4n) is 0.0680. The Morgan fingerprint density at radius 3 is 2.12 bits per heavy atom. The van der Waals surface area contributed by atoms with Crippen LogP contribution in [0.25, 0.3) is 0 Å². The van der Waals surface area contributed by atoms with Gasteiger partial charge in [-0.15, -0.1) is 0 Å². The molecule has 3 nitrogen and oxygen atoms in total. The van der Waals surface area contributed by atoms with Gasteiger partial charge in [-0.1, -0.05) is 6.58 Å². The third-order valence-corrected chi connectivity index (χ3v) is 1.31. The first-order chi connectivity index (χ1) is 3.12. The zero-order valence-corrected chi connectivity index (χ0v) is 7.73. The minimum atomic E-state index is -3.39. The maximum atomic E-state index is 10.0. The van der Waals surface area contributed by atoms with Gasteiger partial charge in [-0.2, -0.15) is 8.42 Å². The van der Waals surface area contributed by atoms with Crippen molar-refractivity contribution in [1.29, 1.82) is 0 Å². The minimum absolute atomic E-state index is 0. The third kappa shape index (κ3) is 4.80. The smallest absolute Gasteiger partial charge is 1.00 e. The normalized spacial score (nSPS) is 9.62. The summed E-state index contributed by atoms with van der Waals surface area (Å²) in [6, 6.07) is 0. The van der Waals surface area contributed by atoms with Crippen molar-refractivity contribution in [1.82, 2.24) is 0 Å². The van der Waals surface area contributed by atoms with Crippen LogP contribution < -0.4 is 29.6 Å². The topological polar surface area (TPSA) is 43.4 Å². The SMILES string of the molecule is C=CS(=O)(=O)OC.[H-].[Na+]. The van der Waals surface area contributed by atoms with E-state index in [4.69, 9.17) is 0 Å². The van der Waals surface area contributed by atoms with Gasteiger partial charge in [-0.25, -0.2) is 0 Å². The molecule has 0 saturated heterocycles. The molecule has 0 radical (unpaired) electrons. The molecule has 0 heterocycles. The summed E-state index contributed by atoms with van der Waals surface area (Å²) in [4.78, 5) is 0. The van der Waals surface area contributed by atoms with Gasteiger partial charge in [0.1, 0.15) is 0 Å². The number of hydrogen-bond donors (Lipinski definition) is 0. The summed E-state index contributed by atoms with van der Waals surface area (Å²) >= 11 is 0. The predicted octanol–water partition coefficient (Wildman–Crippen LogP) is -2.78. The molecule has 0 unspecified atom stereocenters. The van der Waals surface area contributed by atoms with Gasteiger partial charge in [0, 0.05) is 0 Å². The molecule has 0 saturated carbocycles. The van der Waals surface area contributed by atoms with E-state index in [1.54, 1.807) is 0 Å². The van der Waals surface area contributed by atoms with Gasteiger partial charge < -0.3 is 1.43 Å². The molecule has 0 aliphatic rings. The van der Waals surface area contributed by atoms with E-state index in [0.29, 0.717) is 0 Å². The molecule has 0 fully saturated rings. The van der Waals surface area contributed by atoms with Crippen LogP contribution in [0.15, 0.2) is 12.0 Å². The second-order valence-corrected chi connectivity index (χ2v) is 2.48. The first-order valence-electron chi connectivity index (χ1n) is 1.55. The zero-order valence-electron chi connectivity index (χ0n) is 5.92. The molecular formula is C3H7NaO3S. The average Bonchev–Trinajstić information content (AvgIpc) is 1.68. The molecule has 0 bridgehead atoms. The van der Waals surface area contributed by atoms with Crippen LogP contribution in [0.1, 0.15) is 1.43 Å². The fraction of sp³-hybridized carbons (Fsp3) is 0.333. The molecule has 44 valence electrons. The first-order valence-corrected chi connectivity index (χ1v) is 3.02. The van der Waals surface area contributed by atoms with E-state index in [1.165, 1.54) is 0 Å². The van der Waals surface area contributed by atoms with E-state index >= 15 is 0 Å². The summed E-state index contributed by atoms with van der Waals surface area (Å²) in [6.07, 6.45) is 0. The van der Waals surface area contributed by atoms with Gasteiger partial charge in [-0.05, 0) is 0 Å². The molecule has 0 aromatic rings. The average molecular weight is 146 g/mol. The summed E-state index contributed by atoms with van der Waals surface area (Å²) in [5.41, 5.74) is 0. The molecule has 5 heteroatoms. The monoisotopic (exact) mass is 146 g/mol.